The Hall–Kier alpha value is -3.89. The average molecular weight is 609 g/mol. The van der Waals surface area contributed by atoms with Crippen LogP contribution in [0.2, 0.25) is 0 Å². The predicted octanol–water partition coefficient (Wildman–Crippen LogP) is 3.57. The van der Waals surface area contributed by atoms with Gasteiger partial charge in [0.2, 0.25) is 11.8 Å². The van der Waals surface area contributed by atoms with Crippen LogP contribution >= 0.6 is 0 Å². The first-order valence-electron chi connectivity index (χ1n) is 15.4. The highest BCUT2D eigenvalue weighted by Gasteiger charge is 2.51. The summed E-state index contributed by atoms with van der Waals surface area (Å²) in [5.41, 5.74) is 2.15. The van der Waals surface area contributed by atoms with Crippen LogP contribution in [-0.2, 0) is 16.0 Å². The maximum Gasteiger partial charge on any atom is 0.247 e. The van der Waals surface area contributed by atoms with Crippen LogP contribution in [0.4, 0.5) is 0 Å². The number of unbranched alkanes of at least 4 members (excludes halogenated alkanes) is 4. The molecular formula is C34H44N2O8. The molecule has 1 heterocycles. The lowest BCUT2D eigenvalue weighted by atomic mass is 9.77. The molecular weight excluding hydrogens is 564 g/mol. The highest BCUT2D eigenvalue weighted by atomic mass is 16.5. The van der Waals surface area contributed by atoms with Gasteiger partial charge in [-0.2, -0.15) is 0 Å². The van der Waals surface area contributed by atoms with Gasteiger partial charge in [0.15, 0.2) is 11.5 Å². The molecule has 1 aliphatic heterocycles. The first-order chi connectivity index (χ1) is 21.4. The number of ether oxygens (including phenoxy) is 3. The van der Waals surface area contributed by atoms with Gasteiger partial charge in [0.25, 0.3) is 0 Å². The van der Waals surface area contributed by atoms with Crippen molar-refractivity contribution in [3.63, 3.8) is 0 Å². The number of fused-ring (bicyclic) bond motifs is 3. The van der Waals surface area contributed by atoms with E-state index < -0.39 is 30.1 Å². The Labute approximate surface area is 259 Å². The van der Waals surface area contributed by atoms with Crippen molar-refractivity contribution in [2.24, 2.45) is 0 Å². The molecule has 4 rings (SSSR count). The quantitative estimate of drug-likeness (QED) is 0.195. The third kappa shape index (κ3) is 7.42. The monoisotopic (exact) mass is 608 g/mol. The second-order valence-electron chi connectivity index (χ2n) is 11.3. The van der Waals surface area contributed by atoms with Crippen molar-refractivity contribution in [3.05, 3.63) is 64.7 Å². The number of carbonyl (C=O) groups is 3. The van der Waals surface area contributed by atoms with Crippen LogP contribution in [0.15, 0.2) is 48.0 Å². The summed E-state index contributed by atoms with van der Waals surface area (Å²) in [6.45, 7) is 2.22. The molecule has 10 nitrogen and oxygen atoms in total. The number of carbonyl (C=O) groups excluding carboxylic acids is 3. The number of hydrogen-bond acceptors (Lipinski definition) is 8. The van der Waals surface area contributed by atoms with Crippen molar-refractivity contribution in [3.8, 4) is 17.2 Å². The second kappa shape index (κ2) is 15.7. The molecule has 0 spiro atoms. The Morgan fingerprint density at radius 1 is 1.09 bits per heavy atom. The molecule has 0 saturated heterocycles. The maximum absolute atomic E-state index is 13.8. The molecule has 0 saturated carbocycles. The highest BCUT2D eigenvalue weighted by Crippen LogP contribution is 2.51. The summed E-state index contributed by atoms with van der Waals surface area (Å²) in [5.74, 6) is 0.0930. The van der Waals surface area contributed by atoms with Gasteiger partial charge in [-0.3, -0.25) is 14.4 Å². The van der Waals surface area contributed by atoms with Gasteiger partial charge in [0.1, 0.15) is 24.2 Å². The zero-order valence-corrected chi connectivity index (χ0v) is 25.8. The van der Waals surface area contributed by atoms with Crippen LogP contribution in [0.3, 0.4) is 0 Å². The second-order valence-corrected chi connectivity index (χ2v) is 11.3. The molecule has 44 heavy (non-hydrogen) atoms. The van der Waals surface area contributed by atoms with Gasteiger partial charge < -0.3 is 34.6 Å². The average Bonchev–Trinajstić information content (AvgIpc) is 3.44. The van der Waals surface area contributed by atoms with E-state index in [1.807, 2.05) is 24.3 Å². The van der Waals surface area contributed by atoms with Gasteiger partial charge in [0.05, 0.1) is 32.8 Å². The fourth-order valence-electron chi connectivity index (χ4n) is 6.10. The number of benzene rings is 2. The number of aliphatic hydroxyl groups is 2. The number of nitrogens with one attached hydrogen (secondary N) is 1. The third-order valence-corrected chi connectivity index (χ3v) is 8.36. The molecule has 0 fully saturated rings. The molecule has 2 aliphatic rings. The Morgan fingerprint density at radius 2 is 1.89 bits per heavy atom. The van der Waals surface area contributed by atoms with Crippen LogP contribution in [-0.4, -0.2) is 85.4 Å². The van der Waals surface area contributed by atoms with E-state index in [-0.39, 0.29) is 19.1 Å². The van der Waals surface area contributed by atoms with E-state index in [9.17, 15) is 24.6 Å². The lowest BCUT2D eigenvalue weighted by molar-refractivity contribution is -0.137. The van der Waals surface area contributed by atoms with E-state index in [2.05, 4.69) is 12.2 Å². The molecule has 0 radical (unpaired) electrons. The van der Waals surface area contributed by atoms with Crippen molar-refractivity contribution in [1.82, 2.24) is 10.2 Å². The van der Waals surface area contributed by atoms with E-state index in [1.54, 1.807) is 30.2 Å². The van der Waals surface area contributed by atoms with Gasteiger partial charge in [0, 0.05) is 36.2 Å². The normalized spacial score (nSPS) is 20.1. The summed E-state index contributed by atoms with van der Waals surface area (Å²) in [4.78, 5) is 40.8. The number of nitrogens with zero attached hydrogens (tertiary/aromatic N) is 1. The van der Waals surface area contributed by atoms with Crippen molar-refractivity contribution >= 4 is 18.1 Å². The molecule has 3 N–H and O–H groups in total. The van der Waals surface area contributed by atoms with E-state index in [1.165, 1.54) is 7.11 Å². The SMILES string of the molecule is CCCCCCCC(=O)N(CCc1cccc(OC)c1)[C@@H]1C=C(C(=O)NCCO)[C@@H]2c3cc(C=O)cc(OC)c3O[C@@H]2[C@H]1O. The number of amides is 2. The summed E-state index contributed by atoms with van der Waals surface area (Å²) >= 11 is 0. The van der Waals surface area contributed by atoms with E-state index >= 15 is 0 Å². The number of aldehydes is 1. The van der Waals surface area contributed by atoms with Gasteiger partial charge in [-0.1, -0.05) is 44.7 Å². The minimum Gasteiger partial charge on any atom is -0.497 e. The van der Waals surface area contributed by atoms with Crippen molar-refractivity contribution in [2.45, 2.75) is 76.0 Å². The van der Waals surface area contributed by atoms with Crippen molar-refractivity contribution < 1.29 is 38.8 Å². The lowest BCUT2D eigenvalue weighted by Crippen LogP contribution is -2.56. The highest BCUT2D eigenvalue weighted by molar-refractivity contribution is 5.96. The Kier molecular flexibility index (Phi) is 11.8. The van der Waals surface area contributed by atoms with Crippen LogP contribution in [0.5, 0.6) is 17.2 Å². The molecule has 4 atom stereocenters. The third-order valence-electron chi connectivity index (χ3n) is 8.36. The number of hydrogen-bond donors (Lipinski definition) is 3. The van der Waals surface area contributed by atoms with Crippen LogP contribution in [0.25, 0.3) is 0 Å². The Morgan fingerprint density at radius 3 is 2.59 bits per heavy atom. The van der Waals surface area contributed by atoms with E-state index in [4.69, 9.17) is 14.2 Å². The number of methoxy groups -OCH3 is 2. The van der Waals surface area contributed by atoms with Crippen molar-refractivity contribution in [2.75, 3.05) is 33.9 Å². The smallest absolute Gasteiger partial charge is 0.247 e. The Bertz CT molecular complexity index is 1340. The summed E-state index contributed by atoms with van der Waals surface area (Å²) in [6.07, 6.45) is 5.99. The summed E-state index contributed by atoms with van der Waals surface area (Å²) in [6, 6.07) is 9.95. The first kappa shape index (κ1) is 33.0. The summed E-state index contributed by atoms with van der Waals surface area (Å²) in [7, 11) is 3.06. The lowest BCUT2D eigenvalue weighted by Gasteiger charge is -2.41. The van der Waals surface area contributed by atoms with Gasteiger partial charge >= 0.3 is 0 Å². The topological polar surface area (TPSA) is 135 Å². The number of aliphatic hydroxyl groups excluding tert-OH is 2. The molecule has 10 heteroatoms. The zero-order valence-electron chi connectivity index (χ0n) is 25.8. The van der Waals surface area contributed by atoms with Crippen LogP contribution < -0.4 is 19.5 Å². The summed E-state index contributed by atoms with van der Waals surface area (Å²) in [5, 5.41) is 24.0. The molecule has 0 bridgehead atoms. The maximum atomic E-state index is 13.8. The fraction of sp³-hybridized carbons (Fsp3) is 0.500. The molecule has 2 aromatic rings. The first-order valence-corrected chi connectivity index (χ1v) is 15.4. The Balaban J connectivity index is 1.72. The van der Waals surface area contributed by atoms with Gasteiger partial charge in [-0.25, -0.2) is 0 Å². The minimum atomic E-state index is -1.18. The predicted molar refractivity (Wildman–Crippen MR) is 165 cm³/mol. The van der Waals surface area contributed by atoms with Crippen molar-refractivity contribution in [1.29, 1.82) is 0 Å². The molecule has 0 aromatic heterocycles. The standard InChI is InChI=1S/C34H44N2O8/c1-4-5-6-7-8-12-29(39)36(15-13-22-10-9-11-24(17-22)42-2)27-20-26(34(41)35-14-16-37)30-25-18-23(21-38)19-28(43-3)32(25)44-33(30)31(27)40/h9-11,17-21,27,30-31,33,37,40H,4-8,12-16H2,1-3H3,(H,35,41)/t27-,30+,31+,33+/m1/s1. The number of rotatable bonds is 16. The fourth-order valence-corrected chi connectivity index (χ4v) is 6.10. The minimum absolute atomic E-state index is 0.0302. The largest absolute Gasteiger partial charge is 0.497 e. The van der Waals surface area contributed by atoms with Crippen LogP contribution in [0, 0.1) is 0 Å². The van der Waals surface area contributed by atoms with Gasteiger partial charge in [-0.15, -0.1) is 0 Å². The summed E-state index contributed by atoms with van der Waals surface area (Å²) < 4.78 is 17.2. The molecule has 1 aliphatic carbocycles. The van der Waals surface area contributed by atoms with E-state index in [0.29, 0.717) is 59.6 Å². The van der Waals surface area contributed by atoms with Crippen LogP contribution in [0.1, 0.15) is 72.9 Å². The molecule has 0 unspecified atom stereocenters. The van der Waals surface area contributed by atoms with Gasteiger partial charge in [-0.05, 0) is 48.7 Å². The molecule has 238 valence electrons. The molecule has 2 aromatic carbocycles. The molecule has 2 amide bonds. The van der Waals surface area contributed by atoms with E-state index in [0.717, 1.165) is 37.7 Å². The zero-order chi connectivity index (χ0) is 31.6.